The van der Waals surface area contributed by atoms with Gasteiger partial charge >= 0.3 is 6.18 Å². The van der Waals surface area contributed by atoms with Crippen molar-refractivity contribution in [3.05, 3.63) is 28.8 Å². The Bertz CT molecular complexity index is 639. The monoisotopic (exact) mass is 334 g/mol. The van der Waals surface area contributed by atoms with Gasteiger partial charge in [0.25, 0.3) is 0 Å². The minimum absolute atomic E-state index is 0.0738. The third-order valence-corrected chi connectivity index (χ3v) is 3.31. The summed E-state index contributed by atoms with van der Waals surface area (Å²) in [4.78, 5) is 0. The molecule has 1 aromatic carbocycles. The van der Waals surface area contributed by atoms with Crippen molar-refractivity contribution in [1.29, 1.82) is 0 Å². The molecule has 8 heteroatoms. The van der Waals surface area contributed by atoms with E-state index in [1.165, 1.54) is 18.2 Å². The maximum absolute atomic E-state index is 13.6. The van der Waals surface area contributed by atoms with Gasteiger partial charge in [-0.2, -0.15) is 13.2 Å². The Hall–Kier alpha value is -1.49. The van der Waals surface area contributed by atoms with E-state index in [0.717, 1.165) is 0 Å². The Morgan fingerprint density at radius 1 is 1.38 bits per heavy atom. The van der Waals surface area contributed by atoms with E-state index < -0.39 is 11.7 Å². The molecule has 1 aliphatic heterocycles. The van der Waals surface area contributed by atoms with Gasteiger partial charge in [-0.3, -0.25) is 0 Å². The van der Waals surface area contributed by atoms with Crippen LogP contribution >= 0.6 is 23.8 Å². The first-order valence-corrected chi connectivity index (χ1v) is 6.65. The molecule has 0 radical (unpaired) electrons. The summed E-state index contributed by atoms with van der Waals surface area (Å²) in [5.41, 5.74) is -2.61. The Labute approximate surface area is 129 Å². The highest BCUT2D eigenvalue weighted by atomic mass is 35.5. The average Bonchev–Trinajstić information content (AvgIpc) is 2.38. The molecular formula is C13H10ClF3N2OS. The molecule has 0 aromatic heterocycles. The highest BCUT2D eigenvalue weighted by Crippen LogP contribution is 2.44. The lowest BCUT2D eigenvalue weighted by atomic mass is 9.86. The Morgan fingerprint density at radius 2 is 2.10 bits per heavy atom. The zero-order valence-corrected chi connectivity index (χ0v) is 12.1. The van der Waals surface area contributed by atoms with Crippen molar-refractivity contribution in [2.75, 3.05) is 11.9 Å². The van der Waals surface area contributed by atoms with Gasteiger partial charge in [-0.1, -0.05) is 23.4 Å². The van der Waals surface area contributed by atoms with Crippen LogP contribution in [0.4, 0.5) is 18.9 Å². The van der Waals surface area contributed by atoms with Crippen LogP contribution in [0.15, 0.2) is 18.2 Å². The number of anilines is 1. The van der Waals surface area contributed by atoms with E-state index in [9.17, 15) is 13.2 Å². The van der Waals surface area contributed by atoms with Crippen LogP contribution < -0.4 is 10.6 Å². The first-order chi connectivity index (χ1) is 9.80. The summed E-state index contributed by atoms with van der Waals surface area (Å²) in [5, 5.41) is 13.5. The molecule has 3 nitrogen and oxygen atoms in total. The van der Waals surface area contributed by atoms with Crippen molar-refractivity contribution >= 4 is 34.6 Å². The number of rotatable bonds is 1. The lowest BCUT2D eigenvalue weighted by molar-refractivity contribution is -0.177. The fourth-order valence-electron chi connectivity index (χ4n) is 1.97. The molecule has 0 aliphatic carbocycles. The van der Waals surface area contributed by atoms with E-state index in [-0.39, 0.29) is 34.4 Å². The summed E-state index contributed by atoms with van der Waals surface area (Å²) in [7, 11) is 0. The van der Waals surface area contributed by atoms with Gasteiger partial charge in [-0.05, 0) is 30.4 Å². The van der Waals surface area contributed by atoms with Crippen LogP contribution in [0.25, 0.3) is 0 Å². The van der Waals surface area contributed by atoms with Gasteiger partial charge in [-0.15, -0.1) is 0 Å². The second-order valence-corrected chi connectivity index (χ2v) is 5.14. The zero-order valence-electron chi connectivity index (χ0n) is 10.5. The van der Waals surface area contributed by atoms with E-state index in [0.29, 0.717) is 0 Å². The molecule has 1 atom stereocenters. The molecule has 3 N–H and O–H groups in total. The van der Waals surface area contributed by atoms with Crippen LogP contribution in [0.5, 0.6) is 0 Å². The topological polar surface area (TPSA) is 44.3 Å². The van der Waals surface area contributed by atoms with Crippen molar-refractivity contribution in [3.63, 3.8) is 0 Å². The quantitative estimate of drug-likeness (QED) is 0.546. The van der Waals surface area contributed by atoms with Gasteiger partial charge in [-0.25, -0.2) is 0 Å². The van der Waals surface area contributed by atoms with Gasteiger partial charge in [0.05, 0.1) is 6.61 Å². The summed E-state index contributed by atoms with van der Waals surface area (Å²) >= 11 is 10.6. The molecule has 0 saturated carbocycles. The van der Waals surface area contributed by atoms with Crippen LogP contribution in [0.1, 0.15) is 12.0 Å². The van der Waals surface area contributed by atoms with Crippen LogP contribution in [-0.4, -0.2) is 23.0 Å². The number of alkyl halides is 3. The molecule has 1 heterocycles. The van der Waals surface area contributed by atoms with Gasteiger partial charge in [0.2, 0.25) is 5.54 Å². The molecule has 1 aromatic rings. The minimum atomic E-state index is -4.72. The molecule has 2 rings (SSSR count). The lowest BCUT2D eigenvalue weighted by Crippen LogP contribution is -2.59. The number of aliphatic hydroxyl groups is 1. The number of benzene rings is 1. The van der Waals surface area contributed by atoms with Crippen LogP contribution in [0, 0.1) is 11.8 Å². The maximum Gasteiger partial charge on any atom is 0.427 e. The number of hydrogen-bond donors (Lipinski definition) is 3. The summed E-state index contributed by atoms with van der Waals surface area (Å²) in [6.07, 6.45) is -4.79. The third kappa shape index (κ3) is 2.93. The molecule has 0 saturated heterocycles. The van der Waals surface area contributed by atoms with Crippen molar-refractivity contribution < 1.29 is 18.3 Å². The summed E-state index contributed by atoms with van der Waals surface area (Å²) in [6.45, 7) is -0.327. The second kappa shape index (κ2) is 5.72. The van der Waals surface area contributed by atoms with E-state index >= 15 is 0 Å². The number of thiocarbonyl (C=S) groups is 1. The molecule has 0 amide bonds. The fraction of sp³-hybridized carbons (Fsp3) is 0.308. The highest BCUT2D eigenvalue weighted by molar-refractivity contribution is 7.80. The first-order valence-electron chi connectivity index (χ1n) is 5.87. The molecule has 112 valence electrons. The number of halogens is 4. The van der Waals surface area contributed by atoms with Gasteiger partial charge in [0, 0.05) is 22.7 Å². The van der Waals surface area contributed by atoms with Gasteiger partial charge in [0.1, 0.15) is 0 Å². The maximum atomic E-state index is 13.6. The fourth-order valence-corrected chi connectivity index (χ4v) is 2.41. The average molecular weight is 335 g/mol. The molecular weight excluding hydrogens is 325 g/mol. The molecule has 1 aliphatic rings. The summed E-state index contributed by atoms with van der Waals surface area (Å²) in [6, 6.07) is 4.07. The normalized spacial score (nSPS) is 20.7. The largest absolute Gasteiger partial charge is 0.427 e. The van der Waals surface area contributed by atoms with Gasteiger partial charge < -0.3 is 15.7 Å². The first kappa shape index (κ1) is 15.9. The number of fused-ring (bicyclic) bond motifs is 1. The predicted molar refractivity (Wildman–Crippen MR) is 78.0 cm³/mol. The van der Waals surface area contributed by atoms with Crippen molar-refractivity contribution in [2.45, 2.75) is 18.1 Å². The van der Waals surface area contributed by atoms with Crippen molar-refractivity contribution in [3.8, 4) is 11.8 Å². The van der Waals surface area contributed by atoms with Gasteiger partial charge in [0.15, 0.2) is 5.11 Å². The van der Waals surface area contributed by atoms with E-state index in [1.54, 1.807) is 0 Å². The van der Waals surface area contributed by atoms with Crippen LogP contribution in [0.3, 0.4) is 0 Å². The summed E-state index contributed by atoms with van der Waals surface area (Å²) in [5.74, 6) is 4.48. The van der Waals surface area contributed by atoms with E-state index in [2.05, 4.69) is 22.5 Å². The number of nitrogens with one attached hydrogen (secondary N) is 2. The molecule has 0 bridgehead atoms. The predicted octanol–water partition coefficient (Wildman–Crippen LogP) is 2.78. The highest BCUT2D eigenvalue weighted by Gasteiger charge is 2.58. The standard InChI is InChI=1S/C13H10ClF3N2OS/c14-8-3-4-10-9(7-8)12(13(15,16)17,5-1-2-6-20)19-11(21)18-10/h3-4,7,20H,2,6H2,(H2,18,19,21). The summed E-state index contributed by atoms with van der Waals surface area (Å²) < 4.78 is 40.9. The zero-order chi connectivity index (χ0) is 15.7. The van der Waals surface area contributed by atoms with Crippen molar-refractivity contribution in [2.24, 2.45) is 0 Å². The Kier molecular flexibility index (Phi) is 4.33. The van der Waals surface area contributed by atoms with Crippen molar-refractivity contribution in [1.82, 2.24) is 5.32 Å². The Balaban J connectivity index is 2.68. The smallest absolute Gasteiger partial charge is 0.395 e. The lowest BCUT2D eigenvalue weighted by Gasteiger charge is -2.38. The molecule has 21 heavy (non-hydrogen) atoms. The number of aliphatic hydroxyl groups excluding tert-OH is 1. The SMILES string of the molecule is OCCC#CC1(C(F)(F)F)NC(=S)Nc2ccc(Cl)cc21. The molecule has 0 fully saturated rings. The Morgan fingerprint density at radius 3 is 2.71 bits per heavy atom. The molecule has 0 spiro atoms. The second-order valence-electron chi connectivity index (χ2n) is 4.29. The van der Waals surface area contributed by atoms with E-state index in [1.807, 2.05) is 0 Å². The number of hydrogen-bond acceptors (Lipinski definition) is 2. The molecule has 1 unspecified atom stereocenters. The van der Waals surface area contributed by atoms with Crippen LogP contribution in [-0.2, 0) is 5.54 Å². The minimum Gasteiger partial charge on any atom is -0.395 e. The van der Waals surface area contributed by atoms with Crippen LogP contribution in [0.2, 0.25) is 5.02 Å². The third-order valence-electron chi connectivity index (χ3n) is 2.87. The van der Waals surface area contributed by atoms with E-state index in [4.69, 9.17) is 28.9 Å².